The van der Waals surface area contributed by atoms with Gasteiger partial charge >= 0.3 is 5.63 Å². The van der Waals surface area contributed by atoms with Gasteiger partial charge in [-0.1, -0.05) is 11.6 Å². The van der Waals surface area contributed by atoms with Crippen LogP contribution < -0.4 is 10.4 Å². The smallest absolute Gasteiger partial charge is 0.362 e. The van der Waals surface area contributed by atoms with E-state index in [0.29, 0.717) is 27.4 Å². The number of nitrogens with zero attached hydrogens (tertiary/aromatic N) is 1. The van der Waals surface area contributed by atoms with Gasteiger partial charge in [0.15, 0.2) is 11.3 Å². The van der Waals surface area contributed by atoms with E-state index >= 15 is 0 Å². The van der Waals surface area contributed by atoms with E-state index in [-0.39, 0.29) is 11.5 Å². The Morgan fingerprint density at radius 2 is 2.00 bits per heavy atom. The lowest BCUT2D eigenvalue weighted by Gasteiger charge is -2.03. The maximum absolute atomic E-state index is 11.9. The van der Waals surface area contributed by atoms with Gasteiger partial charge in [0.1, 0.15) is 17.0 Å². The maximum Gasteiger partial charge on any atom is 0.362 e. The molecule has 116 valence electrons. The number of aromatic nitrogens is 1. The van der Waals surface area contributed by atoms with E-state index in [4.69, 9.17) is 20.8 Å². The molecule has 0 amide bonds. The van der Waals surface area contributed by atoms with E-state index in [1.807, 2.05) is 0 Å². The number of aliphatic hydroxyl groups is 1. The van der Waals surface area contributed by atoms with E-state index in [1.54, 1.807) is 49.6 Å². The van der Waals surface area contributed by atoms with Gasteiger partial charge in [-0.2, -0.15) is 0 Å². The van der Waals surface area contributed by atoms with Crippen LogP contribution in [0, 0.1) is 0 Å². The number of hydrogen-bond acceptors (Lipinski definition) is 5. The minimum Gasteiger partial charge on any atom is -0.507 e. The van der Waals surface area contributed by atoms with Crippen molar-refractivity contribution in [2.24, 2.45) is 0 Å². The van der Waals surface area contributed by atoms with Crippen LogP contribution in [-0.2, 0) is 0 Å². The second kappa shape index (κ2) is 6.14. The zero-order chi connectivity index (χ0) is 16.4. The fourth-order valence-electron chi connectivity index (χ4n) is 2.06. The van der Waals surface area contributed by atoms with Gasteiger partial charge < -0.3 is 14.3 Å². The van der Waals surface area contributed by atoms with Crippen LogP contribution in [0.2, 0.25) is 5.02 Å². The molecule has 0 saturated heterocycles. The molecule has 3 aromatic rings. The first-order chi connectivity index (χ1) is 11.1. The molecule has 0 radical (unpaired) electrons. The SMILES string of the molecule is COc1ccc(/C(O)=C/c2nc3cc(Cl)ccc3oc2=O)cc1. The third-order valence-corrected chi connectivity index (χ3v) is 3.47. The molecule has 5 nitrogen and oxygen atoms in total. The summed E-state index contributed by atoms with van der Waals surface area (Å²) >= 11 is 5.90. The van der Waals surface area contributed by atoms with Crippen LogP contribution in [0.1, 0.15) is 11.3 Å². The van der Waals surface area contributed by atoms with Crippen molar-refractivity contribution in [3.05, 3.63) is 69.2 Å². The van der Waals surface area contributed by atoms with Crippen molar-refractivity contribution >= 4 is 34.5 Å². The standard InChI is InChI=1S/C17H12ClNO4/c1-22-12-5-2-10(3-6-12)15(20)9-14-17(21)23-16-7-4-11(18)8-13(16)19-14/h2-9,20H,1H3/b15-9-. The number of ether oxygens (including phenoxy) is 1. The second-order valence-corrected chi connectivity index (χ2v) is 5.19. The zero-order valence-electron chi connectivity index (χ0n) is 12.1. The summed E-state index contributed by atoms with van der Waals surface area (Å²) in [4.78, 5) is 16.1. The molecule has 0 aliphatic heterocycles. The molecule has 0 fully saturated rings. The van der Waals surface area contributed by atoms with Crippen molar-refractivity contribution in [2.45, 2.75) is 0 Å². The number of methoxy groups -OCH3 is 1. The summed E-state index contributed by atoms with van der Waals surface area (Å²) in [6.07, 6.45) is 1.26. The molecule has 0 spiro atoms. The summed E-state index contributed by atoms with van der Waals surface area (Å²) in [7, 11) is 1.56. The lowest BCUT2D eigenvalue weighted by molar-refractivity contribution is 0.414. The van der Waals surface area contributed by atoms with E-state index in [1.165, 1.54) is 6.08 Å². The van der Waals surface area contributed by atoms with Crippen LogP contribution in [0.25, 0.3) is 22.9 Å². The van der Waals surface area contributed by atoms with Gasteiger partial charge in [-0.05, 0) is 42.5 Å². The fraction of sp³-hybridized carbons (Fsp3) is 0.0588. The molecule has 0 atom stereocenters. The third kappa shape index (κ3) is 3.19. The molecule has 6 heteroatoms. The Morgan fingerprint density at radius 1 is 1.26 bits per heavy atom. The van der Waals surface area contributed by atoms with Crippen LogP contribution in [0.3, 0.4) is 0 Å². The molecule has 0 saturated carbocycles. The highest BCUT2D eigenvalue weighted by molar-refractivity contribution is 6.31. The van der Waals surface area contributed by atoms with Crippen LogP contribution in [0.15, 0.2) is 51.7 Å². The first kappa shape index (κ1) is 15.1. The van der Waals surface area contributed by atoms with Crippen molar-refractivity contribution in [1.82, 2.24) is 4.98 Å². The third-order valence-electron chi connectivity index (χ3n) is 3.23. The summed E-state index contributed by atoms with van der Waals surface area (Å²) in [5.41, 5.74) is 0.650. The van der Waals surface area contributed by atoms with E-state index in [0.717, 1.165) is 0 Å². The topological polar surface area (TPSA) is 72.6 Å². The van der Waals surface area contributed by atoms with Gasteiger partial charge in [-0.25, -0.2) is 9.78 Å². The number of halogens is 1. The van der Waals surface area contributed by atoms with Crippen LogP contribution in [0.4, 0.5) is 0 Å². The second-order valence-electron chi connectivity index (χ2n) is 4.76. The van der Waals surface area contributed by atoms with Crippen molar-refractivity contribution < 1.29 is 14.3 Å². The van der Waals surface area contributed by atoms with E-state index < -0.39 is 5.63 Å². The first-order valence-electron chi connectivity index (χ1n) is 6.72. The fourth-order valence-corrected chi connectivity index (χ4v) is 2.22. The molecule has 1 aromatic heterocycles. The Bertz CT molecular complexity index is 945. The van der Waals surface area contributed by atoms with Crippen molar-refractivity contribution in [2.75, 3.05) is 7.11 Å². The Labute approximate surface area is 136 Å². The molecule has 0 aliphatic carbocycles. The zero-order valence-corrected chi connectivity index (χ0v) is 12.9. The highest BCUT2D eigenvalue weighted by Gasteiger charge is 2.08. The Balaban J connectivity index is 2.04. The molecule has 0 unspecified atom stereocenters. The monoisotopic (exact) mass is 329 g/mol. The van der Waals surface area contributed by atoms with Crippen molar-refractivity contribution in [1.29, 1.82) is 0 Å². The minimum absolute atomic E-state index is 0.00640. The van der Waals surface area contributed by atoms with Crippen LogP contribution in [-0.4, -0.2) is 17.2 Å². The quantitative estimate of drug-likeness (QED) is 0.738. The molecule has 0 aliphatic rings. The van der Waals surface area contributed by atoms with E-state index in [2.05, 4.69) is 4.98 Å². The number of rotatable bonds is 3. The molecule has 23 heavy (non-hydrogen) atoms. The molecular formula is C17H12ClNO4. The van der Waals surface area contributed by atoms with Gasteiger partial charge in [0, 0.05) is 16.7 Å². The Morgan fingerprint density at radius 3 is 2.70 bits per heavy atom. The van der Waals surface area contributed by atoms with Crippen LogP contribution >= 0.6 is 11.6 Å². The molecular weight excluding hydrogens is 318 g/mol. The van der Waals surface area contributed by atoms with Gasteiger partial charge in [0.05, 0.1) is 7.11 Å². The molecule has 1 heterocycles. The average molecular weight is 330 g/mol. The summed E-state index contributed by atoms with van der Waals surface area (Å²) in [6.45, 7) is 0. The molecule has 3 rings (SSSR count). The summed E-state index contributed by atoms with van der Waals surface area (Å²) in [5, 5.41) is 10.6. The van der Waals surface area contributed by atoms with Crippen LogP contribution in [0.5, 0.6) is 5.75 Å². The summed E-state index contributed by atoms with van der Waals surface area (Å²) in [5.74, 6) is 0.563. The minimum atomic E-state index is -0.639. The Hall–Kier alpha value is -2.79. The van der Waals surface area contributed by atoms with Crippen molar-refractivity contribution in [3.63, 3.8) is 0 Å². The number of hydrogen-bond donors (Lipinski definition) is 1. The number of fused-ring (bicyclic) bond motifs is 1. The van der Waals surface area contributed by atoms with Gasteiger partial charge in [0.2, 0.25) is 0 Å². The molecule has 2 aromatic carbocycles. The van der Waals surface area contributed by atoms with Gasteiger partial charge in [0.25, 0.3) is 0 Å². The van der Waals surface area contributed by atoms with Crippen molar-refractivity contribution in [3.8, 4) is 5.75 Å². The highest BCUT2D eigenvalue weighted by Crippen LogP contribution is 2.20. The summed E-state index contributed by atoms with van der Waals surface area (Å²) in [6, 6.07) is 11.5. The number of aliphatic hydroxyl groups excluding tert-OH is 1. The first-order valence-corrected chi connectivity index (χ1v) is 7.10. The average Bonchev–Trinajstić information content (AvgIpc) is 2.56. The van der Waals surface area contributed by atoms with Gasteiger partial charge in [-0.3, -0.25) is 0 Å². The lowest BCUT2D eigenvalue weighted by Crippen LogP contribution is -2.06. The predicted octanol–water partition coefficient (Wildman–Crippen LogP) is 3.91. The van der Waals surface area contributed by atoms with E-state index in [9.17, 15) is 9.90 Å². The molecule has 0 bridgehead atoms. The number of benzene rings is 2. The predicted molar refractivity (Wildman–Crippen MR) is 88.8 cm³/mol. The van der Waals surface area contributed by atoms with Gasteiger partial charge in [-0.15, -0.1) is 0 Å². The Kier molecular flexibility index (Phi) is 4.04. The lowest BCUT2D eigenvalue weighted by atomic mass is 10.1. The summed E-state index contributed by atoms with van der Waals surface area (Å²) < 4.78 is 10.2. The normalized spacial score (nSPS) is 11.7. The highest BCUT2D eigenvalue weighted by atomic mass is 35.5. The largest absolute Gasteiger partial charge is 0.507 e. The maximum atomic E-state index is 11.9. The molecule has 1 N–H and O–H groups in total.